The number of sulfonamides is 1. The molecule has 0 aliphatic carbocycles. The molecule has 0 atom stereocenters. The van der Waals surface area contributed by atoms with Crippen LogP contribution in [-0.2, 0) is 19.6 Å². The first-order valence-corrected chi connectivity index (χ1v) is 9.61. The fraction of sp³-hybridized carbons (Fsp3) is 0.188. The van der Waals surface area contributed by atoms with Crippen LogP contribution in [0, 0.1) is 0 Å². The van der Waals surface area contributed by atoms with E-state index < -0.39 is 28.5 Å². The van der Waals surface area contributed by atoms with E-state index in [2.05, 4.69) is 10.3 Å². The zero-order chi connectivity index (χ0) is 20.2. The summed E-state index contributed by atoms with van der Waals surface area (Å²) >= 11 is 11.4. The number of esters is 1. The van der Waals surface area contributed by atoms with Crippen molar-refractivity contribution in [3.63, 3.8) is 0 Å². The summed E-state index contributed by atoms with van der Waals surface area (Å²) in [6, 6.07) is 6.98. The smallest absolute Gasteiger partial charge is 0.340 e. The third-order valence-corrected chi connectivity index (χ3v) is 5.76. The maximum absolute atomic E-state index is 12.1. The van der Waals surface area contributed by atoms with Crippen molar-refractivity contribution in [2.75, 3.05) is 26.0 Å². The van der Waals surface area contributed by atoms with Gasteiger partial charge >= 0.3 is 5.97 Å². The van der Waals surface area contributed by atoms with Gasteiger partial charge in [0.1, 0.15) is 5.15 Å². The Morgan fingerprint density at radius 1 is 1.22 bits per heavy atom. The van der Waals surface area contributed by atoms with Crippen molar-refractivity contribution in [1.82, 2.24) is 9.29 Å². The molecule has 1 amide bonds. The van der Waals surface area contributed by atoms with Crippen LogP contribution < -0.4 is 5.32 Å². The number of halogens is 2. The first-order chi connectivity index (χ1) is 12.6. The Kier molecular flexibility index (Phi) is 6.77. The molecule has 0 aliphatic rings. The quantitative estimate of drug-likeness (QED) is 0.555. The van der Waals surface area contributed by atoms with E-state index in [9.17, 15) is 18.0 Å². The summed E-state index contributed by atoms with van der Waals surface area (Å²) in [6.45, 7) is -0.580. The lowest BCUT2D eigenvalue weighted by Gasteiger charge is -2.12. The first kappa shape index (κ1) is 21.1. The van der Waals surface area contributed by atoms with Gasteiger partial charge in [0.2, 0.25) is 10.0 Å². The van der Waals surface area contributed by atoms with Crippen LogP contribution in [0.5, 0.6) is 0 Å². The number of pyridine rings is 1. The number of nitrogens with one attached hydrogen (secondary N) is 1. The molecule has 11 heteroatoms. The molecule has 0 aliphatic heterocycles. The van der Waals surface area contributed by atoms with Gasteiger partial charge in [0, 0.05) is 26.0 Å². The lowest BCUT2D eigenvalue weighted by Crippen LogP contribution is -2.23. The number of carbonyl (C=O) groups excluding carboxylic acids is 2. The van der Waals surface area contributed by atoms with Crippen LogP contribution in [0.3, 0.4) is 0 Å². The van der Waals surface area contributed by atoms with E-state index in [1.54, 1.807) is 0 Å². The number of aromatic nitrogens is 1. The molecule has 27 heavy (non-hydrogen) atoms. The van der Waals surface area contributed by atoms with Crippen molar-refractivity contribution in [2.45, 2.75) is 4.90 Å². The van der Waals surface area contributed by atoms with Crippen molar-refractivity contribution in [2.24, 2.45) is 0 Å². The second-order valence-electron chi connectivity index (χ2n) is 5.44. The number of hydrogen-bond donors (Lipinski definition) is 1. The monoisotopic (exact) mass is 431 g/mol. The van der Waals surface area contributed by atoms with Gasteiger partial charge < -0.3 is 10.1 Å². The number of anilines is 1. The molecule has 0 radical (unpaired) electrons. The summed E-state index contributed by atoms with van der Waals surface area (Å²) < 4.78 is 30.2. The number of carbonyl (C=O) groups is 2. The lowest BCUT2D eigenvalue weighted by molar-refractivity contribution is -0.119. The normalized spacial score (nSPS) is 11.3. The minimum atomic E-state index is -3.64. The molecule has 8 nitrogen and oxygen atoms in total. The molecule has 2 aromatic rings. The molecule has 0 spiro atoms. The topological polar surface area (TPSA) is 106 Å². The van der Waals surface area contributed by atoms with Gasteiger partial charge in [-0.25, -0.2) is 22.5 Å². The zero-order valence-corrected chi connectivity index (χ0v) is 16.6. The number of rotatable bonds is 6. The largest absolute Gasteiger partial charge is 0.452 e. The molecule has 1 heterocycles. The van der Waals surface area contributed by atoms with E-state index in [1.807, 2.05) is 0 Å². The Bertz CT molecular complexity index is 980. The van der Waals surface area contributed by atoms with E-state index in [0.29, 0.717) is 0 Å². The second-order valence-corrected chi connectivity index (χ2v) is 8.35. The van der Waals surface area contributed by atoms with Gasteiger partial charge in [-0.1, -0.05) is 29.3 Å². The highest BCUT2D eigenvalue weighted by molar-refractivity contribution is 7.89. The van der Waals surface area contributed by atoms with Gasteiger partial charge in [-0.2, -0.15) is 0 Å². The summed E-state index contributed by atoms with van der Waals surface area (Å²) in [6.07, 6.45) is 1.17. The summed E-state index contributed by atoms with van der Waals surface area (Å²) in [5, 5.41) is 2.58. The molecule has 1 aromatic heterocycles. The van der Waals surface area contributed by atoms with E-state index in [-0.39, 0.29) is 26.3 Å². The number of amides is 1. The minimum Gasteiger partial charge on any atom is -0.452 e. The van der Waals surface area contributed by atoms with Crippen molar-refractivity contribution in [3.8, 4) is 0 Å². The van der Waals surface area contributed by atoms with Gasteiger partial charge in [0.15, 0.2) is 6.61 Å². The average Bonchev–Trinajstić information content (AvgIpc) is 2.62. The Morgan fingerprint density at radius 3 is 2.56 bits per heavy atom. The van der Waals surface area contributed by atoms with Gasteiger partial charge in [0.05, 0.1) is 15.5 Å². The minimum absolute atomic E-state index is 0.0178. The number of benzene rings is 1. The van der Waals surface area contributed by atoms with Gasteiger partial charge in [0.25, 0.3) is 5.91 Å². The fourth-order valence-electron chi connectivity index (χ4n) is 1.89. The van der Waals surface area contributed by atoms with Crippen LogP contribution in [0.1, 0.15) is 10.4 Å². The molecule has 1 aromatic carbocycles. The highest BCUT2D eigenvalue weighted by Crippen LogP contribution is 2.20. The number of hydrogen-bond acceptors (Lipinski definition) is 6. The highest BCUT2D eigenvalue weighted by Gasteiger charge is 2.18. The molecule has 2 rings (SSSR count). The predicted molar refractivity (Wildman–Crippen MR) is 100 cm³/mol. The third-order valence-electron chi connectivity index (χ3n) is 3.26. The average molecular weight is 432 g/mol. The Morgan fingerprint density at radius 2 is 1.93 bits per heavy atom. The van der Waals surface area contributed by atoms with Gasteiger partial charge in [-0.15, -0.1) is 0 Å². The molecular formula is C16H15Cl2N3O5S. The predicted octanol–water partition coefficient (Wildman–Crippen LogP) is 2.43. The molecule has 1 N–H and O–H groups in total. The van der Waals surface area contributed by atoms with Crippen molar-refractivity contribution >= 4 is 50.8 Å². The fourth-order valence-corrected chi connectivity index (χ4v) is 3.11. The van der Waals surface area contributed by atoms with Crippen molar-refractivity contribution < 1.29 is 22.7 Å². The molecule has 144 valence electrons. The summed E-state index contributed by atoms with van der Waals surface area (Å²) in [4.78, 5) is 27.6. The molecular weight excluding hydrogens is 417 g/mol. The molecule has 0 fully saturated rings. The molecule has 0 saturated carbocycles. The van der Waals surface area contributed by atoms with Gasteiger partial charge in [-0.3, -0.25) is 4.79 Å². The van der Waals surface area contributed by atoms with Crippen LogP contribution in [0.4, 0.5) is 5.69 Å². The Labute approximate surface area is 166 Å². The van der Waals surface area contributed by atoms with Gasteiger partial charge in [-0.05, 0) is 24.3 Å². The second kappa shape index (κ2) is 8.66. The van der Waals surface area contributed by atoms with Crippen LogP contribution in [0.25, 0.3) is 0 Å². The molecule has 0 unspecified atom stereocenters. The Balaban J connectivity index is 2.00. The Hall–Kier alpha value is -2.20. The first-order valence-electron chi connectivity index (χ1n) is 7.42. The number of ether oxygens (including phenoxy) is 1. The van der Waals surface area contributed by atoms with Crippen molar-refractivity contribution in [1.29, 1.82) is 0 Å². The van der Waals surface area contributed by atoms with Crippen LogP contribution in [-0.4, -0.2) is 50.3 Å². The number of nitrogens with zero attached hydrogens (tertiary/aromatic N) is 2. The van der Waals surface area contributed by atoms with E-state index >= 15 is 0 Å². The molecule has 0 bridgehead atoms. The maximum atomic E-state index is 12.1. The summed E-state index contributed by atoms with van der Waals surface area (Å²) in [5.41, 5.74) is 0.284. The third kappa shape index (κ3) is 5.39. The van der Waals surface area contributed by atoms with Crippen LogP contribution in [0.2, 0.25) is 10.2 Å². The van der Waals surface area contributed by atoms with Crippen molar-refractivity contribution in [3.05, 3.63) is 52.3 Å². The lowest BCUT2D eigenvalue weighted by atomic mass is 10.3. The van der Waals surface area contributed by atoms with E-state index in [0.717, 1.165) is 4.31 Å². The zero-order valence-electron chi connectivity index (χ0n) is 14.3. The van der Waals surface area contributed by atoms with E-state index in [4.69, 9.17) is 27.9 Å². The standard InChI is InChI=1S/C16H15Cl2N3O5S/c1-21(2)27(24,25)12-5-3-4-11(7-12)20-14(22)9-26-16(23)10-6-13(17)15(18)19-8-10/h3-8H,9H2,1-2H3,(H,20,22). The maximum Gasteiger partial charge on any atom is 0.340 e. The summed E-state index contributed by atoms with van der Waals surface area (Å²) in [5.74, 6) is -1.45. The summed E-state index contributed by atoms with van der Waals surface area (Å²) in [7, 11) is -0.837. The highest BCUT2D eigenvalue weighted by atomic mass is 35.5. The molecule has 0 saturated heterocycles. The van der Waals surface area contributed by atoms with E-state index in [1.165, 1.54) is 50.6 Å². The SMILES string of the molecule is CN(C)S(=O)(=O)c1cccc(NC(=O)COC(=O)c2cnc(Cl)c(Cl)c2)c1. The van der Waals surface area contributed by atoms with Crippen LogP contribution in [0.15, 0.2) is 41.4 Å². The van der Waals surface area contributed by atoms with Crippen LogP contribution >= 0.6 is 23.2 Å².